The molecule has 0 saturated carbocycles. The molecule has 0 radical (unpaired) electrons. The number of para-hydroxylation sites is 1. The first-order valence-electron chi connectivity index (χ1n) is 7.46. The standard InChI is InChI=1S/C16H28N4O.HI/c1-5-17-16(18-11-8-12-20(2)3)19-13-14-9-6-7-10-15(14)21-4;/h6-7,9-10H,5,8,11-13H2,1-4H3,(H2,17,18,19);1H. The first-order chi connectivity index (χ1) is 10.2. The fraction of sp³-hybridized carbons (Fsp3) is 0.562. The van der Waals surface area contributed by atoms with Crippen molar-refractivity contribution in [1.82, 2.24) is 15.5 Å². The molecule has 0 saturated heterocycles. The van der Waals surface area contributed by atoms with Crippen molar-refractivity contribution in [3.63, 3.8) is 0 Å². The molecule has 0 aromatic heterocycles. The summed E-state index contributed by atoms with van der Waals surface area (Å²) in [7, 11) is 5.86. The average molecular weight is 420 g/mol. The summed E-state index contributed by atoms with van der Waals surface area (Å²) in [5.41, 5.74) is 1.09. The second-order valence-corrected chi connectivity index (χ2v) is 5.09. The van der Waals surface area contributed by atoms with Crippen LogP contribution in [0.4, 0.5) is 0 Å². The number of rotatable bonds is 8. The molecular formula is C16H29IN4O. The number of nitrogens with one attached hydrogen (secondary N) is 2. The Bertz CT molecular complexity index is 438. The highest BCUT2D eigenvalue weighted by Gasteiger charge is 2.02. The minimum atomic E-state index is 0. The second-order valence-electron chi connectivity index (χ2n) is 5.09. The maximum absolute atomic E-state index is 5.35. The number of benzene rings is 1. The molecule has 0 aliphatic heterocycles. The van der Waals surface area contributed by atoms with Crippen LogP contribution >= 0.6 is 24.0 Å². The van der Waals surface area contributed by atoms with E-state index >= 15 is 0 Å². The molecule has 2 N–H and O–H groups in total. The first-order valence-corrected chi connectivity index (χ1v) is 7.46. The number of halogens is 1. The largest absolute Gasteiger partial charge is 0.496 e. The van der Waals surface area contributed by atoms with Gasteiger partial charge in [-0.05, 0) is 40.1 Å². The summed E-state index contributed by atoms with van der Waals surface area (Å²) < 4.78 is 5.35. The van der Waals surface area contributed by atoms with Gasteiger partial charge in [-0.1, -0.05) is 18.2 Å². The van der Waals surface area contributed by atoms with Crippen LogP contribution in [0.3, 0.4) is 0 Å². The zero-order valence-electron chi connectivity index (χ0n) is 14.1. The van der Waals surface area contributed by atoms with Gasteiger partial charge in [-0.15, -0.1) is 24.0 Å². The molecular weight excluding hydrogens is 391 g/mol. The van der Waals surface area contributed by atoms with Gasteiger partial charge in [0.2, 0.25) is 0 Å². The van der Waals surface area contributed by atoms with Crippen molar-refractivity contribution in [3.8, 4) is 5.75 Å². The minimum absolute atomic E-state index is 0. The summed E-state index contributed by atoms with van der Waals surface area (Å²) in [6.07, 6.45) is 1.09. The van der Waals surface area contributed by atoms with E-state index in [2.05, 4.69) is 41.5 Å². The van der Waals surface area contributed by atoms with Crippen molar-refractivity contribution in [2.75, 3.05) is 40.8 Å². The second kappa shape index (κ2) is 12.5. The van der Waals surface area contributed by atoms with E-state index < -0.39 is 0 Å². The van der Waals surface area contributed by atoms with Crippen LogP contribution in [0.25, 0.3) is 0 Å². The van der Waals surface area contributed by atoms with Gasteiger partial charge in [0.25, 0.3) is 0 Å². The number of ether oxygens (including phenoxy) is 1. The summed E-state index contributed by atoms with van der Waals surface area (Å²) in [6, 6.07) is 7.97. The summed E-state index contributed by atoms with van der Waals surface area (Å²) in [6.45, 7) is 5.51. The SMILES string of the molecule is CCNC(=NCc1ccccc1OC)NCCCN(C)C.I. The Morgan fingerprint density at radius 2 is 1.95 bits per heavy atom. The van der Waals surface area contributed by atoms with Crippen LogP contribution in [0.15, 0.2) is 29.3 Å². The van der Waals surface area contributed by atoms with Gasteiger partial charge in [0, 0.05) is 18.7 Å². The fourth-order valence-electron chi connectivity index (χ4n) is 1.94. The van der Waals surface area contributed by atoms with Crippen LogP contribution in [0.1, 0.15) is 18.9 Å². The fourth-order valence-corrected chi connectivity index (χ4v) is 1.94. The molecule has 0 spiro atoms. The summed E-state index contributed by atoms with van der Waals surface area (Å²) in [4.78, 5) is 6.79. The van der Waals surface area contributed by atoms with E-state index in [0.717, 1.165) is 43.3 Å². The molecule has 0 atom stereocenters. The van der Waals surface area contributed by atoms with E-state index in [1.807, 2.05) is 24.3 Å². The quantitative estimate of drug-likeness (QED) is 0.293. The molecule has 0 aliphatic rings. The molecule has 1 rings (SSSR count). The van der Waals surface area contributed by atoms with Crippen molar-refractivity contribution < 1.29 is 4.74 Å². The van der Waals surface area contributed by atoms with Crippen LogP contribution in [0, 0.1) is 0 Å². The number of methoxy groups -OCH3 is 1. The van der Waals surface area contributed by atoms with Crippen molar-refractivity contribution in [3.05, 3.63) is 29.8 Å². The molecule has 0 unspecified atom stereocenters. The third kappa shape index (κ3) is 8.43. The lowest BCUT2D eigenvalue weighted by Gasteiger charge is -2.13. The Labute approximate surface area is 151 Å². The van der Waals surface area contributed by atoms with Gasteiger partial charge in [0.05, 0.1) is 13.7 Å². The Balaban J connectivity index is 0.00000441. The maximum atomic E-state index is 5.35. The molecule has 5 nitrogen and oxygen atoms in total. The predicted octanol–water partition coefficient (Wildman–Crippen LogP) is 2.32. The number of hydrogen-bond acceptors (Lipinski definition) is 3. The van der Waals surface area contributed by atoms with Crippen molar-refractivity contribution in [2.45, 2.75) is 19.9 Å². The highest BCUT2D eigenvalue weighted by molar-refractivity contribution is 14.0. The van der Waals surface area contributed by atoms with Crippen molar-refractivity contribution in [2.24, 2.45) is 4.99 Å². The van der Waals surface area contributed by atoms with Gasteiger partial charge in [-0.25, -0.2) is 4.99 Å². The number of nitrogens with zero attached hydrogens (tertiary/aromatic N) is 2. The molecule has 0 amide bonds. The first kappa shape index (κ1) is 21.0. The molecule has 1 aromatic carbocycles. The third-order valence-electron chi connectivity index (χ3n) is 3.02. The Kier molecular flexibility index (Phi) is 11.9. The number of hydrogen-bond donors (Lipinski definition) is 2. The highest BCUT2D eigenvalue weighted by atomic mass is 127. The van der Waals surface area contributed by atoms with E-state index in [1.165, 1.54) is 0 Å². The summed E-state index contributed by atoms with van der Waals surface area (Å²) >= 11 is 0. The van der Waals surface area contributed by atoms with E-state index in [9.17, 15) is 0 Å². The van der Waals surface area contributed by atoms with Crippen LogP contribution in [0.2, 0.25) is 0 Å². The topological polar surface area (TPSA) is 48.9 Å². The normalized spacial score (nSPS) is 11.0. The van der Waals surface area contributed by atoms with E-state index in [4.69, 9.17) is 4.74 Å². The molecule has 126 valence electrons. The van der Waals surface area contributed by atoms with Crippen molar-refractivity contribution >= 4 is 29.9 Å². The molecule has 6 heteroatoms. The van der Waals surface area contributed by atoms with Crippen LogP contribution in [-0.2, 0) is 6.54 Å². The van der Waals surface area contributed by atoms with Gasteiger partial charge in [0.15, 0.2) is 5.96 Å². The van der Waals surface area contributed by atoms with Crippen LogP contribution in [0.5, 0.6) is 5.75 Å². The van der Waals surface area contributed by atoms with Gasteiger partial charge < -0.3 is 20.3 Å². The number of aliphatic imine (C=N–C) groups is 1. The molecule has 0 heterocycles. The molecule has 0 bridgehead atoms. The van der Waals surface area contributed by atoms with Gasteiger partial charge in [0.1, 0.15) is 5.75 Å². The zero-order chi connectivity index (χ0) is 15.5. The monoisotopic (exact) mass is 420 g/mol. The Hall–Kier alpha value is -1.02. The Morgan fingerprint density at radius 3 is 2.59 bits per heavy atom. The van der Waals surface area contributed by atoms with Gasteiger partial charge >= 0.3 is 0 Å². The molecule has 0 aliphatic carbocycles. The lowest BCUT2D eigenvalue weighted by Crippen LogP contribution is -2.38. The predicted molar refractivity (Wildman–Crippen MR) is 104 cm³/mol. The third-order valence-corrected chi connectivity index (χ3v) is 3.02. The zero-order valence-corrected chi connectivity index (χ0v) is 16.4. The molecule has 1 aromatic rings. The van der Waals surface area contributed by atoms with E-state index in [1.54, 1.807) is 7.11 Å². The van der Waals surface area contributed by atoms with Gasteiger partial charge in [-0.3, -0.25) is 0 Å². The van der Waals surface area contributed by atoms with Crippen LogP contribution in [-0.4, -0.2) is 51.7 Å². The Morgan fingerprint density at radius 1 is 1.23 bits per heavy atom. The lowest BCUT2D eigenvalue weighted by atomic mass is 10.2. The van der Waals surface area contributed by atoms with Gasteiger partial charge in [-0.2, -0.15) is 0 Å². The summed E-state index contributed by atoms with van der Waals surface area (Å²) in [5, 5.41) is 6.62. The molecule has 0 fully saturated rings. The number of guanidine groups is 1. The maximum Gasteiger partial charge on any atom is 0.191 e. The molecule has 22 heavy (non-hydrogen) atoms. The average Bonchev–Trinajstić information content (AvgIpc) is 2.49. The lowest BCUT2D eigenvalue weighted by molar-refractivity contribution is 0.399. The van der Waals surface area contributed by atoms with E-state index in [-0.39, 0.29) is 24.0 Å². The van der Waals surface area contributed by atoms with Crippen molar-refractivity contribution in [1.29, 1.82) is 0 Å². The smallest absolute Gasteiger partial charge is 0.191 e. The van der Waals surface area contributed by atoms with E-state index in [0.29, 0.717) is 6.54 Å². The summed E-state index contributed by atoms with van der Waals surface area (Å²) in [5.74, 6) is 1.73. The van der Waals surface area contributed by atoms with Crippen LogP contribution < -0.4 is 15.4 Å². The minimum Gasteiger partial charge on any atom is -0.496 e. The highest BCUT2D eigenvalue weighted by Crippen LogP contribution is 2.17.